The van der Waals surface area contributed by atoms with Crippen LogP contribution in [-0.4, -0.2) is 33.6 Å². The molecule has 6 nitrogen and oxygen atoms in total. The van der Waals surface area contributed by atoms with E-state index >= 15 is 0 Å². The van der Waals surface area contributed by atoms with Crippen LogP contribution in [0.3, 0.4) is 0 Å². The molecule has 1 saturated heterocycles. The summed E-state index contributed by atoms with van der Waals surface area (Å²) in [7, 11) is -3.26. The van der Waals surface area contributed by atoms with Gasteiger partial charge in [-0.15, -0.1) is 0 Å². The van der Waals surface area contributed by atoms with Crippen molar-refractivity contribution >= 4 is 10.0 Å². The van der Waals surface area contributed by atoms with E-state index in [0.717, 1.165) is 12.1 Å². The zero-order valence-corrected chi connectivity index (χ0v) is 11.2. The Bertz CT molecular complexity index is 567. The van der Waals surface area contributed by atoms with Gasteiger partial charge in [0.15, 0.2) is 11.5 Å². The van der Waals surface area contributed by atoms with Crippen LogP contribution in [0.25, 0.3) is 0 Å². The van der Waals surface area contributed by atoms with Gasteiger partial charge in [0.05, 0.1) is 5.25 Å². The molecule has 1 unspecified atom stereocenters. The predicted molar refractivity (Wildman–Crippen MR) is 69.6 cm³/mol. The molecule has 2 aliphatic heterocycles. The molecular weight excluding hydrogens is 268 g/mol. The summed E-state index contributed by atoms with van der Waals surface area (Å²) in [6.45, 7) is 1.78. The minimum atomic E-state index is -3.26. The highest BCUT2D eigenvalue weighted by molar-refractivity contribution is 7.90. The van der Waals surface area contributed by atoms with Crippen LogP contribution in [0.4, 0.5) is 0 Å². The molecule has 2 heterocycles. The van der Waals surface area contributed by atoms with Gasteiger partial charge in [0.2, 0.25) is 16.8 Å². The summed E-state index contributed by atoms with van der Waals surface area (Å²) in [5.41, 5.74) is 0.860. The van der Waals surface area contributed by atoms with Crippen molar-refractivity contribution in [1.82, 2.24) is 10.0 Å². The van der Waals surface area contributed by atoms with Gasteiger partial charge >= 0.3 is 0 Å². The van der Waals surface area contributed by atoms with Crippen LogP contribution in [0.2, 0.25) is 0 Å². The molecule has 19 heavy (non-hydrogen) atoms. The van der Waals surface area contributed by atoms with Gasteiger partial charge in [0.25, 0.3) is 0 Å². The predicted octanol–water partition coefficient (Wildman–Crippen LogP) is 0.197. The van der Waals surface area contributed by atoms with E-state index in [-0.39, 0.29) is 18.6 Å². The van der Waals surface area contributed by atoms with E-state index in [1.165, 1.54) is 0 Å². The number of ether oxygens (including phenoxy) is 2. The number of hydrogen-bond acceptors (Lipinski definition) is 5. The maximum absolute atomic E-state index is 12.0. The van der Waals surface area contributed by atoms with Crippen molar-refractivity contribution < 1.29 is 17.9 Å². The Morgan fingerprint density at radius 1 is 1.32 bits per heavy atom. The summed E-state index contributed by atoms with van der Waals surface area (Å²) in [4.78, 5) is 0. The quantitative estimate of drug-likeness (QED) is 0.826. The summed E-state index contributed by atoms with van der Waals surface area (Å²) in [6, 6.07) is 5.43. The summed E-state index contributed by atoms with van der Waals surface area (Å²) < 4.78 is 37.2. The van der Waals surface area contributed by atoms with E-state index in [1.807, 2.05) is 6.07 Å². The smallest absolute Gasteiger partial charge is 0.231 e. The van der Waals surface area contributed by atoms with Crippen LogP contribution < -0.4 is 19.5 Å². The zero-order chi connectivity index (χ0) is 13.3. The molecule has 1 aromatic rings. The third kappa shape index (κ3) is 2.68. The van der Waals surface area contributed by atoms with Gasteiger partial charge in [0, 0.05) is 13.1 Å². The Balaban J connectivity index is 1.66. The van der Waals surface area contributed by atoms with E-state index < -0.39 is 10.0 Å². The van der Waals surface area contributed by atoms with Gasteiger partial charge in [-0.05, 0) is 30.7 Å². The molecule has 0 spiro atoms. The number of rotatable bonds is 4. The van der Waals surface area contributed by atoms with E-state index in [1.54, 1.807) is 12.1 Å². The molecular formula is C12H16N2O4S. The summed E-state index contributed by atoms with van der Waals surface area (Å²) in [5.74, 6) is 1.37. The Kier molecular flexibility index (Phi) is 3.34. The molecule has 7 heteroatoms. The van der Waals surface area contributed by atoms with E-state index in [9.17, 15) is 8.42 Å². The van der Waals surface area contributed by atoms with E-state index in [2.05, 4.69) is 10.0 Å². The molecule has 0 radical (unpaired) electrons. The van der Waals surface area contributed by atoms with Gasteiger partial charge in [-0.1, -0.05) is 6.07 Å². The monoisotopic (exact) mass is 284 g/mol. The van der Waals surface area contributed by atoms with Crippen LogP contribution in [0, 0.1) is 0 Å². The summed E-state index contributed by atoms with van der Waals surface area (Å²) in [6.07, 6.45) is 0.663. The summed E-state index contributed by atoms with van der Waals surface area (Å²) >= 11 is 0. The van der Waals surface area contributed by atoms with Crippen molar-refractivity contribution in [3.05, 3.63) is 23.8 Å². The molecule has 1 atom stereocenters. The average molecular weight is 284 g/mol. The number of sulfonamides is 1. The van der Waals surface area contributed by atoms with Gasteiger partial charge in [-0.2, -0.15) is 0 Å². The van der Waals surface area contributed by atoms with Crippen molar-refractivity contribution in [1.29, 1.82) is 0 Å². The highest BCUT2D eigenvalue weighted by Gasteiger charge is 2.28. The average Bonchev–Trinajstić information content (AvgIpc) is 3.07. The van der Waals surface area contributed by atoms with Gasteiger partial charge < -0.3 is 14.8 Å². The molecule has 104 valence electrons. The SMILES string of the molecule is O=S(=O)(NCc1ccc2c(c1)OCO2)C1CCNC1. The molecule has 1 aromatic carbocycles. The van der Waals surface area contributed by atoms with Crippen molar-refractivity contribution in [3.63, 3.8) is 0 Å². The van der Waals surface area contributed by atoms with Crippen molar-refractivity contribution in [3.8, 4) is 11.5 Å². The molecule has 0 amide bonds. The standard InChI is InChI=1S/C12H16N2O4S/c15-19(16,10-3-4-13-7-10)14-6-9-1-2-11-12(5-9)18-8-17-11/h1-2,5,10,13-14H,3-4,6-8H2. The van der Waals surface area contributed by atoms with Gasteiger partial charge in [-0.3, -0.25) is 0 Å². The van der Waals surface area contributed by atoms with Gasteiger partial charge in [-0.25, -0.2) is 13.1 Å². The lowest BCUT2D eigenvalue weighted by molar-refractivity contribution is 0.174. The summed E-state index contributed by atoms with van der Waals surface area (Å²) in [5, 5.41) is 2.72. The highest BCUT2D eigenvalue weighted by Crippen LogP contribution is 2.32. The number of fused-ring (bicyclic) bond motifs is 1. The van der Waals surface area contributed by atoms with Crippen molar-refractivity contribution in [2.45, 2.75) is 18.2 Å². The van der Waals surface area contributed by atoms with E-state index in [4.69, 9.17) is 9.47 Å². The number of hydrogen-bond donors (Lipinski definition) is 2. The maximum atomic E-state index is 12.0. The molecule has 0 bridgehead atoms. The van der Waals surface area contributed by atoms with E-state index in [0.29, 0.717) is 24.5 Å². The van der Waals surface area contributed by atoms with Crippen molar-refractivity contribution in [2.75, 3.05) is 19.9 Å². The Hall–Kier alpha value is -1.31. The first-order valence-electron chi connectivity index (χ1n) is 6.23. The topological polar surface area (TPSA) is 76.7 Å². The number of nitrogens with one attached hydrogen (secondary N) is 2. The maximum Gasteiger partial charge on any atom is 0.231 e. The fourth-order valence-corrected chi connectivity index (χ4v) is 3.61. The molecule has 0 aliphatic carbocycles. The fraction of sp³-hybridized carbons (Fsp3) is 0.500. The van der Waals surface area contributed by atoms with Gasteiger partial charge in [0.1, 0.15) is 0 Å². The lowest BCUT2D eigenvalue weighted by atomic mass is 10.2. The first kappa shape index (κ1) is 12.7. The van der Waals surface area contributed by atoms with Crippen LogP contribution in [-0.2, 0) is 16.6 Å². The Morgan fingerprint density at radius 2 is 2.16 bits per heavy atom. The van der Waals surface area contributed by atoms with Crippen molar-refractivity contribution in [2.24, 2.45) is 0 Å². The lowest BCUT2D eigenvalue weighted by Crippen LogP contribution is -2.35. The zero-order valence-electron chi connectivity index (χ0n) is 10.4. The molecule has 1 fully saturated rings. The third-order valence-electron chi connectivity index (χ3n) is 3.37. The Labute approximate surface area is 112 Å². The normalized spacial score (nSPS) is 21.8. The number of benzene rings is 1. The first-order valence-corrected chi connectivity index (χ1v) is 7.77. The first-order chi connectivity index (χ1) is 9.15. The third-order valence-corrected chi connectivity index (χ3v) is 5.20. The molecule has 0 aromatic heterocycles. The largest absolute Gasteiger partial charge is 0.454 e. The highest BCUT2D eigenvalue weighted by atomic mass is 32.2. The molecule has 3 rings (SSSR count). The van der Waals surface area contributed by atoms with Crippen LogP contribution >= 0.6 is 0 Å². The lowest BCUT2D eigenvalue weighted by Gasteiger charge is -2.12. The second kappa shape index (κ2) is 4.99. The Morgan fingerprint density at radius 3 is 2.95 bits per heavy atom. The van der Waals surface area contributed by atoms with Crippen LogP contribution in [0.5, 0.6) is 11.5 Å². The second-order valence-electron chi connectivity index (χ2n) is 4.67. The van der Waals surface area contributed by atoms with Crippen LogP contribution in [0.1, 0.15) is 12.0 Å². The minimum Gasteiger partial charge on any atom is -0.454 e. The molecule has 0 saturated carbocycles. The minimum absolute atomic E-state index is 0.220. The van der Waals surface area contributed by atoms with Crippen LogP contribution in [0.15, 0.2) is 18.2 Å². The second-order valence-corrected chi connectivity index (χ2v) is 6.71. The molecule has 2 aliphatic rings. The fourth-order valence-electron chi connectivity index (χ4n) is 2.25. The molecule has 2 N–H and O–H groups in total.